The number of anilines is 1. The van der Waals surface area contributed by atoms with Crippen molar-refractivity contribution in [1.82, 2.24) is 0 Å². The van der Waals surface area contributed by atoms with Gasteiger partial charge in [0.1, 0.15) is 5.75 Å². The molecule has 0 spiro atoms. The molecule has 0 saturated carbocycles. The normalized spacial score (nSPS) is 19.1. The van der Waals surface area contributed by atoms with Crippen LogP contribution in [0.2, 0.25) is 0 Å². The number of ether oxygens (including phenoxy) is 1. The van der Waals surface area contributed by atoms with Crippen LogP contribution >= 0.6 is 0 Å². The highest BCUT2D eigenvalue weighted by atomic mass is 16.5. The van der Waals surface area contributed by atoms with E-state index in [2.05, 4.69) is 5.32 Å². The molecule has 0 bridgehead atoms. The predicted octanol–water partition coefficient (Wildman–Crippen LogP) is 2.06. The van der Waals surface area contributed by atoms with E-state index in [1.165, 1.54) is 0 Å². The lowest BCUT2D eigenvalue weighted by Gasteiger charge is -2.07. The molecule has 3 heteroatoms. The first-order valence-electron chi connectivity index (χ1n) is 4.63. The third-order valence-corrected chi connectivity index (χ3v) is 2.68. The van der Waals surface area contributed by atoms with Crippen LogP contribution < -0.4 is 10.1 Å². The van der Waals surface area contributed by atoms with E-state index >= 15 is 0 Å². The molecule has 0 aliphatic carbocycles. The summed E-state index contributed by atoms with van der Waals surface area (Å²) in [5.41, 5.74) is 3.03. The first-order chi connectivity index (χ1) is 6.63. The number of methoxy groups -OCH3 is 1. The Labute approximate surface area is 83.1 Å². The Morgan fingerprint density at radius 3 is 2.79 bits per heavy atom. The van der Waals surface area contributed by atoms with Crippen molar-refractivity contribution in [2.75, 3.05) is 12.4 Å². The summed E-state index contributed by atoms with van der Waals surface area (Å²) >= 11 is 0. The molecule has 1 aromatic rings. The number of carbonyl (C=O) groups is 1. The molecule has 3 nitrogen and oxygen atoms in total. The number of amides is 1. The zero-order valence-electron chi connectivity index (χ0n) is 8.55. The van der Waals surface area contributed by atoms with Crippen molar-refractivity contribution in [1.29, 1.82) is 0 Å². The highest BCUT2D eigenvalue weighted by Gasteiger charge is 2.28. The third-order valence-electron chi connectivity index (χ3n) is 2.68. The van der Waals surface area contributed by atoms with Crippen LogP contribution in [-0.4, -0.2) is 13.0 Å². The summed E-state index contributed by atoms with van der Waals surface area (Å²) in [7, 11) is 1.63. The van der Waals surface area contributed by atoms with E-state index in [4.69, 9.17) is 4.74 Å². The lowest BCUT2D eigenvalue weighted by molar-refractivity contribution is -0.116. The summed E-state index contributed by atoms with van der Waals surface area (Å²) in [6.45, 7) is 3.87. The number of nitrogens with one attached hydrogen (secondary N) is 1. The molecule has 1 aliphatic rings. The molecule has 1 atom stereocenters. The van der Waals surface area contributed by atoms with Gasteiger partial charge < -0.3 is 10.1 Å². The van der Waals surface area contributed by atoms with Crippen LogP contribution in [0.5, 0.6) is 5.75 Å². The number of aryl methyl sites for hydroxylation is 1. The van der Waals surface area contributed by atoms with Gasteiger partial charge in [0.25, 0.3) is 0 Å². The van der Waals surface area contributed by atoms with Gasteiger partial charge >= 0.3 is 0 Å². The summed E-state index contributed by atoms with van der Waals surface area (Å²) < 4.78 is 5.16. The molecule has 1 amide bonds. The molecule has 1 unspecified atom stereocenters. The molecule has 2 rings (SSSR count). The van der Waals surface area contributed by atoms with Crippen LogP contribution in [0.3, 0.4) is 0 Å². The molecule has 74 valence electrons. The lowest BCUT2D eigenvalue weighted by Crippen LogP contribution is -2.08. The Hall–Kier alpha value is -1.51. The summed E-state index contributed by atoms with van der Waals surface area (Å²) in [6.07, 6.45) is 0. The molecule has 14 heavy (non-hydrogen) atoms. The van der Waals surface area contributed by atoms with Crippen molar-refractivity contribution in [3.05, 3.63) is 23.3 Å². The summed E-state index contributed by atoms with van der Waals surface area (Å²) in [5.74, 6) is 0.805. The average Bonchev–Trinajstić information content (AvgIpc) is 2.45. The minimum Gasteiger partial charge on any atom is -0.497 e. The third kappa shape index (κ3) is 1.16. The SMILES string of the molecule is COc1cc(C)c2c(c1)C(C)C(=O)N2. The van der Waals surface area contributed by atoms with Gasteiger partial charge in [0, 0.05) is 5.69 Å². The number of fused-ring (bicyclic) bond motifs is 1. The van der Waals surface area contributed by atoms with Crippen LogP contribution in [-0.2, 0) is 4.79 Å². The molecule has 1 heterocycles. The van der Waals surface area contributed by atoms with Crippen molar-refractivity contribution in [3.63, 3.8) is 0 Å². The molecule has 0 aromatic heterocycles. The summed E-state index contributed by atoms with van der Waals surface area (Å²) in [5, 5.41) is 2.87. The Kier molecular flexibility index (Phi) is 1.95. The largest absolute Gasteiger partial charge is 0.497 e. The maximum Gasteiger partial charge on any atom is 0.231 e. The fourth-order valence-corrected chi connectivity index (χ4v) is 1.78. The molecule has 1 aliphatic heterocycles. The van der Waals surface area contributed by atoms with Gasteiger partial charge in [-0.3, -0.25) is 4.79 Å². The zero-order valence-corrected chi connectivity index (χ0v) is 8.55. The minimum absolute atomic E-state index is 0.0661. The Morgan fingerprint density at radius 2 is 2.14 bits per heavy atom. The average molecular weight is 191 g/mol. The number of carbonyl (C=O) groups excluding carboxylic acids is 1. The van der Waals surface area contributed by atoms with E-state index in [-0.39, 0.29) is 11.8 Å². The van der Waals surface area contributed by atoms with Crippen LogP contribution in [0.1, 0.15) is 24.0 Å². The number of hydrogen-bond acceptors (Lipinski definition) is 2. The summed E-state index contributed by atoms with van der Waals surface area (Å²) in [6, 6.07) is 3.85. The Bertz CT molecular complexity index is 399. The van der Waals surface area contributed by atoms with E-state index in [1.807, 2.05) is 26.0 Å². The molecular formula is C11H13NO2. The maximum atomic E-state index is 11.4. The second-order valence-electron chi connectivity index (χ2n) is 3.62. The van der Waals surface area contributed by atoms with Gasteiger partial charge in [-0.15, -0.1) is 0 Å². The fourth-order valence-electron chi connectivity index (χ4n) is 1.78. The van der Waals surface area contributed by atoms with Crippen molar-refractivity contribution < 1.29 is 9.53 Å². The monoisotopic (exact) mass is 191 g/mol. The quantitative estimate of drug-likeness (QED) is 0.737. The van der Waals surface area contributed by atoms with Gasteiger partial charge in [0.2, 0.25) is 5.91 Å². The van der Waals surface area contributed by atoms with Crippen LogP contribution in [0.25, 0.3) is 0 Å². The first kappa shape index (κ1) is 9.06. The second kappa shape index (κ2) is 3.01. The number of hydrogen-bond donors (Lipinski definition) is 1. The molecular weight excluding hydrogens is 178 g/mol. The van der Waals surface area contributed by atoms with E-state index in [0.29, 0.717) is 0 Å². The number of rotatable bonds is 1. The topological polar surface area (TPSA) is 38.3 Å². The highest BCUT2D eigenvalue weighted by molar-refractivity contribution is 6.03. The molecule has 0 radical (unpaired) electrons. The van der Waals surface area contributed by atoms with Gasteiger partial charge in [-0.1, -0.05) is 0 Å². The molecule has 1 N–H and O–H groups in total. The second-order valence-corrected chi connectivity index (χ2v) is 3.62. The van der Waals surface area contributed by atoms with E-state index in [0.717, 1.165) is 22.6 Å². The van der Waals surface area contributed by atoms with E-state index < -0.39 is 0 Å². The van der Waals surface area contributed by atoms with Crippen molar-refractivity contribution >= 4 is 11.6 Å². The molecule has 0 fully saturated rings. The van der Waals surface area contributed by atoms with Gasteiger partial charge in [-0.2, -0.15) is 0 Å². The standard InChI is InChI=1S/C11H13NO2/c1-6-4-8(14-3)5-9-7(2)11(13)12-10(6)9/h4-5,7H,1-3H3,(H,12,13). The van der Waals surface area contributed by atoms with E-state index in [9.17, 15) is 4.79 Å². The molecule has 1 aromatic carbocycles. The highest BCUT2D eigenvalue weighted by Crippen LogP contribution is 2.37. The lowest BCUT2D eigenvalue weighted by atomic mass is 10.0. The molecule has 0 saturated heterocycles. The van der Waals surface area contributed by atoms with E-state index in [1.54, 1.807) is 7.11 Å². The minimum atomic E-state index is -0.0706. The van der Waals surface area contributed by atoms with Gasteiger partial charge in [-0.05, 0) is 37.1 Å². The number of benzene rings is 1. The van der Waals surface area contributed by atoms with Gasteiger partial charge in [0.15, 0.2) is 0 Å². The maximum absolute atomic E-state index is 11.4. The Balaban J connectivity index is 2.57. The summed E-state index contributed by atoms with van der Waals surface area (Å²) in [4.78, 5) is 11.4. The van der Waals surface area contributed by atoms with Crippen LogP contribution in [0.15, 0.2) is 12.1 Å². The Morgan fingerprint density at radius 1 is 1.43 bits per heavy atom. The van der Waals surface area contributed by atoms with Crippen molar-refractivity contribution in [3.8, 4) is 5.75 Å². The smallest absolute Gasteiger partial charge is 0.231 e. The van der Waals surface area contributed by atoms with Crippen LogP contribution in [0.4, 0.5) is 5.69 Å². The first-order valence-corrected chi connectivity index (χ1v) is 4.63. The van der Waals surface area contributed by atoms with Crippen molar-refractivity contribution in [2.45, 2.75) is 19.8 Å². The van der Waals surface area contributed by atoms with Gasteiger partial charge in [-0.25, -0.2) is 0 Å². The van der Waals surface area contributed by atoms with Crippen molar-refractivity contribution in [2.24, 2.45) is 0 Å². The van der Waals surface area contributed by atoms with Gasteiger partial charge in [0.05, 0.1) is 13.0 Å². The van der Waals surface area contributed by atoms with Crippen LogP contribution in [0, 0.1) is 6.92 Å². The predicted molar refractivity (Wildman–Crippen MR) is 54.8 cm³/mol. The fraction of sp³-hybridized carbons (Fsp3) is 0.364. The zero-order chi connectivity index (χ0) is 10.3.